The van der Waals surface area contributed by atoms with E-state index in [-0.39, 0.29) is 24.6 Å². The van der Waals surface area contributed by atoms with Crippen molar-refractivity contribution in [3.63, 3.8) is 0 Å². The number of aromatic nitrogens is 4. The molecule has 3 rings (SSSR count). The standard InChI is InChI=1S/C21H31N7O/c1-6-15(11-29)24-21-25-18-17(12(2)3)27-28(13(4)5)19(18)20(26-21)23-16-9-7-14(22)8-10-16/h7-10,12-13,15,29H,6,11,22H2,1-5H3,(H2,23,24,25,26). The molecule has 2 heterocycles. The average molecular weight is 398 g/mol. The average Bonchev–Trinajstić information content (AvgIpc) is 3.08. The molecule has 0 radical (unpaired) electrons. The molecule has 29 heavy (non-hydrogen) atoms. The number of hydrogen-bond acceptors (Lipinski definition) is 7. The van der Waals surface area contributed by atoms with Crippen LogP contribution in [0.4, 0.5) is 23.1 Å². The zero-order valence-corrected chi connectivity index (χ0v) is 17.8. The van der Waals surface area contributed by atoms with E-state index in [0.29, 0.717) is 17.5 Å². The van der Waals surface area contributed by atoms with Crippen molar-refractivity contribution in [2.24, 2.45) is 0 Å². The third kappa shape index (κ3) is 4.42. The minimum Gasteiger partial charge on any atom is -0.399 e. The summed E-state index contributed by atoms with van der Waals surface area (Å²) in [6.45, 7) is 10.4. The number of rotatable bonds is 8. The topological polar surface area (TPSA) is 114 Å². The van der Waals surface area contributed by atoms with E-state index >= 15 is 0 Å². The molecular weight excluding hydrogens is 366 g/mol. The molecule has 156 valence electrons. The van der Waals surface area contributed by atoms with Gasteiger partial charge in [-0.25, -0.2) is 4.98 Å². The molecule has 0 fully saturated rings. The van der Waals surface area contributed by atoms with E-state index in [2.05, 4.69) is 38.3 Å². The van der Waals surface area contributed by atoms with Crippen molar-refractivity contribution in [1.29, 1.82) is 0 Å². The lowest BCUT2D eigenvalue weighted by molar-refractivity contribution is 0.271. The fraction of sp³-hybridized carbons (Fsp3) is 0.476. The second-order valence-corrected chi connectivity index (χ2v) is 7.85. The molecule has 0 saturated carbocycles. The summed E-state index contributed by atoms with van der Waals surface area (Å²) >= 11 is 0. The number of nitrogens with one attached hydrogen (secondary N) is 2. The number of benzene rings is 1. The SMILES string of the molecule is CCC(CO)Nc1nc(Nc2ccc(N)cc2)c2c(n1)c(C(C)C)nn2C(C)C. The van der Waals surface area contributed by atoms with Gasteiger partial charge in [0.1, 0.15) is 11.0 Å². The maximum absolute atomic E-state index is 9.59. The summed E-state index contributed by atoms with van der Waals surface area (Å²) in [7, 11) is 0. The summed E-state index contributed by atoms with van der Waals surface area (Å²) in [6.07, 6.45) is 0.765. The van der Waals surface area contributed by atoms with Crippen LogP contribution in [0.25, 0.3) is 11.0 Å². The lowest BCUT2D eigenvalue weighted by Gasteiger charge is -2.17. The van der Waals surface area contributed by atoms with E-state index < -0.39 is 0 Å². The molecule has 0 spiro atoms. The van der Waals surface area contributed by atoms with Gasteiger partial charge in [-0.3, -0.25) is 4.68 Å². The van der Waals surface area contributed by atoms with Crippen LogP contribution >= 0.6 is 0 Å². The highest BCUT2D eigenvalue weighted by molar-refractivity contribution is 5.91. The lowest BCUT2D eigenvalue weighted by atomic mass is 10.1. The molecule has 1 unspecified atom stereocenters. The molecule has 0 aliphatic rings. The van der Waals surface area contributed by atoms with Crippen molar-refractivity contribution in [3.8, 4) is 0 Å². The highest BCUT2D eigenvalue weighted by atomic mass is 16.3. The molecule has 0 aliphatic carbocycles. The van der Waals surface area contributed by atoms with Gasteiger partial charge < -0.3 is 21.5 Å². The Morgan fingerprint density at radius 3 is 2.34 bits per heavy atom. The molecule has 1 atom stereocenters. The molecule has 0 bridgehead atoms. The third-order valence-electron chi connectivity index (χ3n) is 4.83. The Balaban J connectivity index is 2.19. The summed E-state index contributed by atoms with van der Waals surface area (Å²) < 4.78 is 1.97. The number of aliphatic hydroxyl groups is 1. The smallest absolute Gasteiger partial charge is 0.225 e. The normalized spacial score (nSPS) is 12.7. The number of nitrogens with zero attached hydrogens (tertiary/aromatic N) is 4. The fourth-order valence-electron chi connectivity index (χ4n) is 3.14. The van der Waals surface area contributed by atoms with Gasteiger partial charge in [0.05, 0.1) is 18.3 Å². The highest BCUT2D eigenvalue weighted by Gasteiger charge is 2.22. The molecule has 0 amide bonds. The van der Waals surface area contributed by atoms with Crippen LogP contribution in [0.2, 0.25) is 0 Å². The monoisotopic (exact) mass is 397 g/mol. The first kappa shape index (κ1) is 20.9. The van der Waals surface area contributed by atoms with E-state index in [0.717, 1.165) is 28.8 Å². The van der Waals surface area contributed by atoms with Gasteiger partial charge in [0.25, 0.3) is 0 Å². The van der Waals surface area contributed by atoms with Gasteiger partial charge in [-0.05, 0) is 50.5 Å². The first-order valence-corrected chi connectivity index (χ1v) is 10.1. The highest BCUT2D eigenvalue weighted by Crippen LogP contribution is 2.32. The first-order chi connectivity index (χ1) is 13.8. The van der Waals surface area contributed by atoms with Crippen LogP contribution < -0.4 is 16.4 Å². The lowest BCUT2D eigenvalue weighted by Crippen LogP contribution is -2.24. The summed E-state index contributed by atoms with van der Waals surface area (Å²) in [4.78, 5) is 9.51. The molecule has 8 nitrogen and oxygen atoms in total. The molecule has 3 aromatic rings. The van der Waals surface area contributed by atoms with Gasteiger partial charge in [-0.2, -0.15) is 10.1 Å². The Morgan fingerprint density at radius 2 is 1.79 bits per heavy atom. The second kappa shape index (κ2) is 8.65. The molecule has 0 saturated heterocycles. The molecule has 5 N–H and O–H groups in total. The Labute approximate surface area is 171 Å². The summed E-state index contributed by atoms with van der Waals surface area (Å²) in [5.41, 5.74) is 10.0. The van der Waals surface area contributed by atoms with Gasteiger partial charge >= 0.3 is 0 Å². The summed E-state index contributed by atoms with van der Waals surface area (Å²) in [6, 6.07) is 7.56. The maximum atomic E-state index is 9.59. The van der Waals surface area contributed by atoms with Crippen LogP contribution in [0.15, 0.2) is 24.3 Å². The number of anilines is 4. The Hall–Kier alpha value is -2.87. The molecule has 0 aliphatic heterocycles. The van der Waals surface area contributed by atoms with E-state index in [9.17, 15) is 5.11 Å². The summed E-state index contributed by atoms with van der Waals surface area (Å²) in [5.74, 6) is 1.36. The number of aliphatic hydroxyl groups excluding tert-OH is 1. The van der Waals surface area contributed by atoms with Crippen LogP contribution in [0, 0.1) is 0 Å². The third-order valence-corrected chi connectivity index (χ3v) is 4.83. The minimum absolute atomic E-state index is 0.0148. The minimum atomic E-state index is -0.112. The predicted octanol–water partition coefficient (Wildman–Crippen LogP) is 4.04. The number of hydrogen-bond donors (Lipinski definition) is 4. The van der Waals surface area contributed by atoms with Crippen molar-refractivity contribution >= 4 is 34.2 Å². The zero-order valence-electron chi connectivity index (χ0n) is 17.8. The maximum Gasteiger partial charge on any atom is 0.225 e. The zero-order chi connectivity index (χ0) is 21.1. The second-order valence-electron chi connectivity index (χ2n) is 7.85. The molecule has 2 aromatic heterocycles. The largest absolute Gasteiger partial charge is 0.399 e. The van der Waals surface area contributed by atoms with Gasteiger partial charge in [-0.1, -0.05) is 20.8 Å². The predicted molar refractivity (Wildman–Crippen MR) is 119 cm³/mol. The van der Waals surface area contributed by atoms with Crippen molar-refractivity contribution in [3.05, 3.63) is 30.0 Å². The first-order valence-electron chi connectivity index (χ1n) is 10.1. The number of fused-ring (bicyclic) bond motifs is 1. The number of nitrogen functional groups attached to an aromatic ring is 1. The fourth-order valence-corrected chi connectivity index (χ4v) is 3.14. The Bertz CT molecular complexity index is 959. The van der Waals surface area contributed by atoms with Crippen LogP contribution in [-0.2, 0) is 0 Å². The van der Waals surface area contributed by atoms with Crippen molar-refractivity contribution in [1.82, 2.24) is 19.7 Å². The van der Waals surface area contributed by atoms with Crippen molar-refractivity contribution in [2.75, 3.05) is 23.0 Å². The molecule has 8 heteroatoms. The van der Waals surface area contributed by atoms with Crippen molar-refractivity contribution in [2.45, 2.75) is 59.0 Å². The van der Waals surface area contributed by atoms with Crippen LogP contribution in [0.3, 0.4) is 0 Å². The quantitative estimate of drug-likeness (QED) is 0.424. The molecular formula is C21H31N7O. The van der Waals surface area contributed by atoms with Gasteiger partial charge in [-0.15, -0.1) is 0 Å². The van der Waals surface area contributed by atoms with Crippen LogP contribution in [0.5, 0.6) is 0 Å². The van der Waals surface area contributed by atoms with E-state index in [1.54, 1.807) is 0 Å². The van der Waals surface area contributed by atoms with E-state index in [4.69, 9.17) is 20.8 Å². The number of nitrogens with two attached hydrogens (primary N) is 1. The Kier molecular flexibility index (Phi) is 6.22. The van der Waals surface area contributed by atoms with Gasteiger partial charge in [0.15, 0.2) is 5.82 Å². The van der Waals surface area contributed by atoms with Crippen LogP contribution in [0.1, 0.15) is 58.7 Å². The van der Waals surface area contributed by atoms with Crippen LogP contribution in [-0.4, -0.2) is 37.5 Å². The van der Waals surface area contributed by atoms with Gasteiger partial charge in [0, 0.05) is 17.4 Å². The summed E-state index contributed by atoms with van der Waals surface area (Å²) in [5, 5.41) is 21.1. The molecule has 1 aromatic carbocycles. The Morgan fingerprint density at radius 1 is 1.10 bits per heavy atom. The van der Waals surface area contributed by atoms with Crippen molar-refractivity contribution < 1.29 is 5.11 Å². The van der Waals surface area contributed by atoms with E-state index in [1.807, 2.05) is 35.9 Å². The van der Waals surface area contributed by atoms with Gasteiger partial charge in [0.2, 0.25) is 5.95 Å². The van der Waals surface area contributed by atoms with E-state index in [1.165, 1.54) is 0 Å².